The van der Waals surface area contributed by atoms with E-state index in [0.717, 1.165) is 6.07 Å². The second kappa shape index (κ2) is 8.65. The van der Waals surface area contributed by atoms with Crippen molar-refractivity contribution in [3.63, 3.8) is 0 Å². The molecule has 5 rings (SSSR count). The van der Waals surface area contributed by atoms with E-state index in [1.807, 2.05) is 11.9 Å². The quantitative estimate of drug-likeness (QED) is 0.397. The Morgan fingerprint density at radius 2 is 1.84 bits per heavy atom. The number of carbonyl (C=O) groups is 1. The highest BCUT2D eigenvalue weighted by Gasteiger charge is 2.56. The van der Waals surface area contributed by atoms with Gasteiger partial charge in [-0.15, -0.1) is 0 Å². The van der Waals surface area contributed by atoms with Crippen LogP contribution >= 0.6 is 0 Å². The van der Waals surface area contributed by atoms with E-state index < -0.39 is 34.8 Å². The number of benzene rings is 2. The van der Waals surface area contributed by atoms with Crippen LogP contribution < -0.4 is 16.0 Å². The number of anilines is 3. The molecule has 0 bridgehead atoms. The molecular weight excluding hydrogens is 495 g/mol. The molecule has 2 aliphatic heterocycles. The number of carbonyl (C=O) groups excluding carboxylic acids is 1. The van der Waals surface area contributed by atoms with Crippen molar-refractivity contribution in [3.05, 3.63) is 76.7 Å². The Morgan fingerprint density at radius 3 is 2.49 bits per heavy atom. The van der Waals surface area contributed by atoms with Crippen molar-refractivity contribution in [2.75, 3.05) is 36.1 Å². The van der Waals surface area contributed by atoms with Gasteiger partial charge in [0.15, 0.2) is 0 Å². The molecule has 1 amide bonds. The number of nitrogens with one attached hydrogen (secondary N) is 1. The molecule has 3 N–H and O–H groups in total. The molecule has 37 heavy (non-hydrogen) atoms. The lowest BCUT2D eigenvalue weighted by molar-refractivity contribution is -0.140. The van der Waals surface area contributed by atoms with Crippen molar-refractivity contribution in [2.24, 2.45) is 0 Å². The fourth-order valence-corrected chi connectivity index (χ4v) is 5.19. The van der Waals surface area contributed by atoms with Crippen LogP contribution in [0.3, 0.4) is 0 Å². The summed E-state index contributed by atoms with van der Waals surface area (Å²) in [5, 5.41) is 2.97. The zero-order valence-corrected chi connectivity index (χ0v) is 19.9. The number of halogens is 5. The summed E-state index contributed by atoms with van der Waals surface area (Å²) in [7, 11) is 1.84. The molecule has 3 heterocycles. The van der Waals surface area contributed by atoms with Gasteiger partial charge >= 0.3 is 6.18 Å². The fourth-order valence-electron chi connectivity index (χ4n) is 5.19. The number of alkyl halides is 3. The van der Waals surface area contributed by atoms with Gasteiger partial charge in [-0.2, -0.15) is 13.2 Å². The first-order chi connectivity index (χ1) is 17.4. The number of fused-ring (bicyclic) bond motifs is 2. The number of hydrogen-bond donors (Lipinski definition) is 2. The van der Waals surface area contributed by atoms with E-state index in [4.69, 9.17) is 5.73 Å². The zero-order valence-electron chi connectivity index (χ0n) is 19.9. The maximum atomic E-state index is 14.9. The summed E-state index contributed by atoms with van der Waals surface area (Å²) in [6.45, 7) is 2.08. The maximum Gasteiger partial charge on any atom is 0.419 e. The first-order valence-electron chi connectivity index (χ1n) is 11.4. The molecule has 1 atom stereocenters. The molecular formula is C25H23F5N6O. The van der Waals surface area contributed by atoms with Crippen molar-refractivity contribution >= 4 is 23.1 Å². The van der Waals surface area contributed by atoms with Gasteiger partial charge in [0.2, 0.25) is 5.91 Å². The minimum atomic E-state index is -4.93. The second-order valence-corrected chi connectivity index (χ2v) is 9.48. The standard InChI is InChI=1S/C25H23F5N6O/c1-13(15-7-14(31)8-17(20(15)27)25(28,29)30)34-22-16-9-36(19-6-4-3-5-18(19)26)23(37)24(10-35(2)11-24)21(16)32-12-33-22/h3-8,12-13H,9-11,31H2,1-2H3,(H,32,33,34)/t13-/m1/s1. The second-order valence-electron chi connectivity index (χ2n) is 9.48. The highest BCUT2D eigenvalue weighted by molar-refractivity contribution is 6.04. The SMILES string of the molecule is C[C@@H](Nc1ncnc2c1CN(c1ccccc1F)C(=O)C21CN(C)C1)c1cc(N)cc(C(F)(F)F)c1F. The van der Waals surface area contributed by atoms with Crippen LogP contribution in [0.4, 0.5) is 39.1 Å². The lowest BCUT2D eigenvalue weighted by Gasteiger charge is -2.51. The summed E-state index contributed by atoms with van der Waals surface area (Å²) in [6.07, 6.45) is -3.68. The number of rotatable bonds is 4. The van der Waals surface area contributed by atoms with Crippen LogP contribution in [0, 0.1) is 11.6 Å². The number of hydrogen-bond acceptors (Lipinski definition) is 6. The molecule has 12 heteroatoms. The number of nitrogen functional groups attached to an aromatic ring is 1. The molecule has 2 aromatic carbocycles. The van der Waals surface area contributed by atoms with Crippen molar-refractivity contribution in [2.45, 2.75) is 31.1 Å². The van der Waals surface area contributed by atoms with Gasteiger partial charge in [0.25, 0.3) is 0 Å². The average molecular weight is 518 g/mol. The van der Waals surface area contributed by atoms with Crippen molar-refractivity contribution in [1.82, 2.24) is 14.9 Å². The Hall–Kier alpha value is -3.80. The van der Waals surface area contributed by atoms with E-state index in [0.29, 0.717) is 30.4 Å². The van der Waals surface area contributed by atoms with Crippen LogP contribution in [0.5, 0.6) is 0 Å². The summed E-state index contributed by atoms with van der Waals surface area (Å²) >= 11 is 0. The summed E-state index contributed by atoms with van der Waals surface area (Å²) < 4.78 is 69.7. The molecule has 194 valence electrons. The van der Waals surface area contributed by atoms with E-state index in [9.17, 15) is 26.7 Å². The number of nitrogens with zero attached hydrogens (tertiary/aromatic N) is 4. The monoisotopic (exact) mass is 518 g/mol. The number of likely N-dealkylation sites (N-methyl/N-ethyl adjacent to an activating group) is 1. The average Bonchev–Trinajstić information content (AvgIpc) is 2.81. The van der Waals surface area contributed by atoms with Crippen LogP contribution in [0.1, 0.15) is 35.3 Å². The zero-order chi connectivity index (χ0) is 26.7. The maximum absolute atomic E-state index is 14.9. The topological polar surface area (TPSA) is 87.4 Å². The van der Waals surface area contributed by atoms with Crippen LogP contribution in [-0.2, 0) is 22.9 Å². The van der Waals surface area contributed by atoms with Crippen molar-refractivity contribution in [3.8, 4) is 0 Å². The van der Waals surface area contributed by atoms with E-state index in [2.05, 4.69) is 15.3 Å². The highest BCUT2D eigenvalue weighted by Crippen LogP contribution is 2.44. The third-order valence-electron chi connectivity index (χ3n) is 6.84. The van der Waals surface area contributed by atoms with E-state index in [-0.39, 0.29) is 35.2 Å². The van der Waals surface area contributed by atoms with Gasteiger partial charge in [-0.1, -0.05) is 12.1 Å². The molecule has 7 nitrogen and oxygen atoms in total. The molecule has 2 aliphatic rings. The van der Waals surface area contributed by atoms with Gasteiger partial charge in [0.05, 0.1) is 29.5 Å². The first kappa shape index (κ1) is 24.9. The number of aromatic nitrogens is 2. The third kappa shape index (κ3) is 4.05. The summed E-state index contributed by atoms with van der Waals surface area (Å²) in [6, 6.07) is 6.57. The van der Waals surface area contributed by atoms with Gasteiger partial charge in [0, 0.05) is 29.9 Å². The summed E-state index contributed by atoms with van der Waals surface area (Å²) in [5.74, 6) is -2.12. The van der Waals surface area contributed by atoms with Crippen molar-refractivity contribution in [1.29, 1.82) is 0 Å². The smallest absolute Gasteiger partial charge is 0.399 e. The Morgan fingerprint density at radius 1 is 1.14 bits per heavy atom. The lowest BCUT2D eigenvalue weighted by Crippen LogP contribution is -2.68. The Kier molecular flexibility index (Phi) is 5.81. The molecule has 1 fully saturated rings. The lowest BCUT2D eigenvalue weighted by atomic mass is 9.71. The van der Waals surface area contributed by atoms with Gasteiger partial charge in [-0.25, -0.2) is 18.7 Å². The number of likely N-dealkylation sites (tertiary alicyclic amines) is 1. The van der Waals surface area contributed by atoms with Crippen LogP contribution in [0.15, 0.2) is 42.7 Å². The predicted octanol–water partition coefficient (Wildman–Crippen LogP) is 4.26. The summed E-state index contributed by atoms with van der Waals surface area (Å²) in [5.41, 5.74) is 3.63. The molecule has 3 aromatic rings. The van der Waals surface area contributed by atoms with Crippen LogP contribution in [0.25, 0.3) is 0 Å². The van der Waals surface area contributed by atoms with Crippen molar-refractivity contribution < 1.29 is 26.7 Å². The predicted molar refractivity (Wildman–Crippen MR) is 127 cm³/mol. The number of nitrogens with two attached hydrogens (primary N) is 1. The molecule has 0 unspecified atom stereocenters. The molecule has 1 spiro atoms. The Bertz CT molecular complexity index is 1390. The minimum Gasteiger partial charge on any atom is -0.399 e. The van der Waals surface area contributed by atoms with Gasteiger partial charge in [0.1, 0.15) is 29.2 Å². The fraction of sp³-hybridized carbons (Fsp3) is 0.320. The molecule has 1 saturated heterocycles. The van der Waals surface area contributed by atoms with Crippen LogP contribution in [-0.4, -0.2) is 40.9 Å². The molecule has 0 radical (unpaired) electrons. The number of amides is 1. The van der Waals surface area contributed by atoms with E-state index in [1.54, 1.807) is 6.07 Å². The highest BCUT2D eigenvalue weighted by atomic mass is 19.4. The summed E-state index contributed by atoms with van der Waals surface area (Å²) in [4.78, 5) is 25.5. The van der Waals surface area contributed by atoms with E-state index >= 15 is 0 Å². The van der Waals surface area contributed by atoms with Gasteiger partial charge < -0.3 is 20.9 Å². The van der Waals surface area contributed by atoms with Gasteiger partial charge in [-0.3, -0.25) is 4.79 Å². The van der Waals surface area contributed by atoms with Gasteiger partial charge in [-0.05, 0) is 38.2 Å². The molecule has 0 saturated carbocycles. The minimum absolute atomic E-state index is 0.0797. The van der Waals surface area contributed by atoms with Crippen LogP contribution in [0.2, 0.25) is 0 Å². The largest absolute Gasteiger partial charge is 0.419 e. The normalized spacial score (nSPS) is 17.9. The first-order valence-corrected chi connectivity index (χ1v) is 11.4. The van der Waals surface area contributed by atoms with E-state index in [1.165, 1.54) is 36.4 Å². The Labute approximate surface area is 209 Å². The molecule has 1 aromatic heterocycles. The number of para-hydroxylation sites is 1. The third-order valence-corrected chi connectivity index (χ3v) is 6.84. The Balaban J connectivity index is 1.57. The molecule has 0 aliphatic carbocycles.